The first-order valence-corrected chi connectivity index (χ1v) is 10.8. The van der Waals surface area contributed by atoms with E-state index < -0.39 is 18.2 Å². The molecule has 2 fully saturated rings. The number of carboxylic acids is 1. The SMILES string of the molecule is CSCC1=C(N2CC(C(=O)N3CCC(OCC(=O)O)CC3)OC2=O)C=CC(=N)C1. The van der Waals surface area contributed by atoms with Crippen LogP contribution in [0.2, 0.25) is 0 Å². The molecule has 2 N–H and O–H groups in total. The number of carbonyl (C=O) groups is 3. The number of nitrogens with zero attached hydrogens (tertiary/aromatic N) is 2. The Morgan fingerprint density at radius 2 is 2.07 bits per heavy atom. The number of carboxylic acid groups (broad SMARTS) is 1. The van der Waals surface area contributed by atoms with Gasteiger partial charge in [-0.05, 0) is 36.8 Å². The second-order valence-electron chi connectivity index (χ2n) is 7.17. The van der Waals surface area contributed by atoms with Crippen LogP contribution in [0.4, 0.5) is 4.79 Å². The predicted octanol–water partition coefficient (Wildman–Crippen LogP) is 1.50. The van der Waals surface area contributed by atoms with Gasteiger partial charge in [0.2, 0.25) is 0 Å². The van der Waals surface area contributed by atoms with Crippen LogP contribution in [-0.2, 0) is 19.1 Å². The molecule has 0 aromatic heterocycles. The van der Waals surface area contributed by atoms with Crippen LogP contribution in [0.3, 0.4) is 0 Å². The number of thioether (sulfide) groups is 1. The zero-order valence-corrected chi connectivity index (χ0v) is 17.1. The summed E-state index contributed by atoms with van der Waals surface area (Å²) in [6.45, 7) is 0.688. The molecule has 1 unspecified atom stereocenters. The molecule has 10 heteroatoms. The van der Waals surface area contributed by atoms with Gasteiger partial charge in [-0.3, -0.25) is 9.69 Å². The number of allylic oxidation sites excluding steroid dienone is 2. The zero-order chi connectivity index (χ0) is 21.0. The molecule has 29 heavy (non-hydrogen) atoms. The van der Waals surface area contributed by atoms with E-state index in [-0.39, 0.29) is 25.2 Å². The number of cyclic esters (lactones) is 1. The number of aliphatic carboxylic acids is 1. The summed E-state index contributed by atoms with van der Waals surface area (Å²) < 4.78 is 10.7. The molecule has 9 nitrogen and oxygen atoms in total. The Kier molecular flexibility index (Phi) is 6.96. The molecule has 2 saturated heterocycles. The predicted molar refractivity (Wildman–Crippen MR) is 107 cm³/mol. The highest BCUT2D eigenvalue weighted by Gasteiger charge is 2.41. The summed E-state index contributed by atoms with van der Waals surface area (Å²) in [5, 5.41) is 16.5. The first-order valence-electron chi connectivity index (χ1n) is 9.45. The minimum atomic E-state index is -1.01. The van der Waals surface area contributed by atoms with Crippen LogP contribution in [0, 0.1) is 5.41 Å². The maximum Gasteiger partial charge on any atom is 0.415 e. The van der Waals surface area contributed by atoms with Gasteiger partial charge in [-0.2, -0.15) is 11.8 Å². The van der Waals surface area contributed by atoms with Gasteiger partial charge < -0.3 is 24.9 Å². The lowest BCUT2D eigenvalue weighted by Crippen LogP contribution is -2.46. The number of amides is 2. The fourth-order valence-electron chi connectivity index (χ4n) is 3.68. The van der Waals surface area contributed by atoms with Crippen LogP contribution in [-0.4, -0.2) is 89.0 Å². The van der Waals surface area contributed by atoms with E-state index in [0.29, 0.717) is 43.8 Å². The van der Waals surface area contributed by atoms with Gasteiger partial charge in [-0.15, -0.1) is 0 Å². The monoisotopic (exact) mass is 423 g/mol. The Morgan fingerprint density at radius 1 is 1.34 bits per heavy atom. The number of ether oxygens (including phenoxy) is 2. The second-order valence-corrected chi connectivity index (χ2v) is 8.04. The van der Waals surface area contributed by atoms with E-state index in [4.69, 9.17) is 20.0 Å². The summed E-state index contributed by atoms with van der Waals surface area (Å²) in [5.41, 5.74) is 2.19. The van der Waals surface area contributed by atoms with Gasteiger partial charge >= 0.3 is 12.1 Å². The van der Waals surface area contributed by atoms with E-state index in [1.807, 2.05) is 6.26 Å². The molecule has 3 aliphatic rings. The average molecular weight is 423 g/mol. The molecular formula is C19H25N3O6S. The fourth-order valence-corrected chi connectivity index (χ4v) is 4.28. The molecule has 0 aromatic carbocycles. The Hall–Kier alpha value is -2.33. The van der Waals surface area contributed by atoms with Crippen LogP contribution >= 0.6 is 11.8 Å². The van der Waals surface area contributed by atoms with Crippen molar-refractivity contribution in [1.82, 2.24) is 9.80 Å². The van der Waals surface area contributed by atoms with E-state index in [2.05, 4.69) is 0 Å². The number of hydrogen-bond donors (Lipinski definition) is 2. The van der Waals surface area contributed by atoms with E-state index in [0.717, 1.165) is 11.3 Å². The molecule has 0 spiro atoms. The summed E-state index contributed by atoms with van der Waals surface area (Å²) in [6, 6.07) is 0. The number of nitrogens with one attached hydrogen (secondary N) is 1. The number of rotatable bonds is 7. The van der Waals surface area contributed by atoms with Crippen molar-refractivity contribution >= 4 is 35.4 Å². The van der Waals surface area contributed by atoms with Gasteiger partial charge in [-0.25, -0.2) is 9.59 Å². The first kappa shape index (κ1) is 21.4. The van der Waals surface area contributed by atoms with Gasteiger partial charge in [0.25, 0.3) is 5.91 Å². The lowest BCUT2D eigenvalue weighted by Gasteiger charge is -2.32. The summed E-state index contributed by atoms with van der Waals surface area (Å²) in [5.74, 6) is -0.547. The molecule has 0 saturated carbocycles. The highest BCUT2D eigenvalue weighted by Crippen LogP contribution is 2.28. The highest BCUT2D eigenvalue weighted by molar-refractivity contribution is 7.98. The molecular weight excluding hydrogens is 398 g/mol. The van der Waals surface area contributed by atoms with Crippen molar-refractivity contribution in [1.29, 1.82) is 5.41 Å². The largest absolute Gasteiger partial charge is 0.480 e. The summed E-state index contributed by atoms with van der Waals surface area (Å²) in [7, 11) is 0. The van der Waals surface area contributed by atoms with Crippen molar-refractivity contribution in [3.63, 3.8) is 0 Å². The van der Waals surface area contributed by atoms with Crippen molar-refractivity contribution in [3.05, 3.63) is 23.4 Å². The van der Waals surface area contributed by atoms with Crippen molar-refractivity contribution < 1.29 is 29.0 Å². The van der Waals surface area contributed by atoms with Crippen molar-refractivity contribution in [3.8, 4) is 0 Å². The van der Waals surface area contributed by atoms with Crippen LogP contribution in [0.1, 0.15) is 19.3 Å². The Balaban J connectivity index is 1.59. The Bertz CT molecular complexity index is 757. The van der Waals surface area contributed by atoms with E-state index in [9.17, 15) is 14.4 Å². The molecule has 0 aromatic rings. The Morgan fingerprint density at radius 3 is 2.72 bits per heavy atom. The van der Waals surface area contributed by atoms with Gasteiger partial charge in [0.1, 0.15) is 6.61 Å². The number of hydrogen-bond acceptors (Lipinski definition) is 7. The van der Waals surface area contributed by atoms with Gasteiger partial charge in [-0.1, -0.05) is 0 Å². The number of carbonyl (C=O) groups excluding carboxylic acids is 2. The third-order valence-corrected chi connectivity index (χ3v) is 5.74. The molecule has 0 bridgehead atoms. The minimum Gasteiger partial charge on any atom is -0.480 e. The molecule has 158 valence electrons. The maximum atomic E-state index is 12.8. The van der Waals surface area contributed by atoms with Gasteiger partial charge in [0.05, 0.1) is 12.6 Å². The number of likely N-dealkylation sites (tertiary alicyclic amines) is 1. The molecule has 3 rings (SSSR count). The van der Waals surface area contributed by atoms with Crippen LogP contribution < -0.4 is 0 Å². The minimum absolute atomic E-state index is 0.151. The molecule has 1 aliphatic carbocycles. The van der Waals surface area contributed by atoms with Gasteiger partial charge in [0.15, 0.2) is 6.10 Å². The zero-order valence-electron chi connectivity index (χ0n) is 16.3. The average Bonchev–Trinajstić information content (AvgIpc) is 3.08. The fraction of sp³-hybridized carbons (Fsp3) is 0.579. The smallest absolute Gasteiger partial charge is 0.415 e. The first-order chi connectivity index (χ1) is 13.9. The Labute approximate surface area is 173 Å². The third kappa shape index (κ3) is 5.18. The number of piperidine rings is 1. The summed E-state index contributed by atoms with van der Waals surface area (Å²) >= 11 is 1.62. The van der Waals surface area contributed by atoms with E-state index >= 15 is 0 Å². The second kappa shape index (κ2) is 9.45. The van der Waals surface area contributed by atoms with Crippen LogP contribution in [0.15, 0.2) is 23.4 Å². The lowest BCUT2D eigenvalue weighted by molar-refractivity contribution is -0.148. The van der Waals surface area contributed by atoms with Crippen molar-refractivity contribution in [2.24, 2.45) is 0 Å². The van der Waals surface area contributed by atoms with Crippen LogP contribution in [0.25, 0.3) is 0 Å². The summed E-state index contributed by atoms with van der Waals surface area (Å²) in [4.78, 5) is 39.0. The topological polar surface area (TPSA) is 120 Å². The van der Waals surface area contributed by atoms with E-state index in [1.54, 1.807) is 28.8 Å². The standard InChI is InChI=1S/C19H25N3O6S/c1-29-11-12-8-13(20)2-3-15(12)22-9-16(28-19(22)26)18(25)21-6-4-14(5-7-21)27-10-17(23)24/h2-3,14,16,20H,4-11H2,1H3,(H,23,24). The molecule has 2 aliphatic heterocycles. The van der Waals surface area contributed by atoms with Crippen molar-refractivity contribution in [2.45, 2.75) is 31.5 Å². The third-order valence-electron chi connectivity index (χ3n) is 5.10. The van der Waals surface area contributed by atoms with E-state index in [1.165, 1.54) is 4.90 Å². The molecule has 2 heterocycles. The maximum absolute atomic E-state index is 12.8. The van der Waals surface area contributed by atoms with Gasteiger partial charge in [0, 0.05) is 36.7 Å². The van der Waals surface area contributed by atoms with Crippen molar-refractivity contribution in [2.75, 3.05) is 38.2 Å². The molecule has 0 radical (unpaired) electrons. The normalized spacial score (nSPS) is 23.0. The highest BCUT2D eigenvalue weighted by atomic mass is 32.2. The molecule has 1 atom stereocenters. The quantitative estimate of drug-likeness (QED) is 0.636. The summed E-state index contributed by atoms with van der Waals surface area (Å²) in [6.07, 6.45) is 5.38. The van der Waals surface area contributed by atoms with Crippen LogP contribution in [0.5, 0.6) is 0 Å². The lowest BCUT2D eigenvalue weighted by atomic mass is 10.0. The molecule has 2 amide bonds.